The van der Waals surface area contributed by atoms with Crippen LogP contribution in [0.5, 0.6) is 0 Å². The summed E-state index contributed by atoms with van der Waals surface area (Å²) in [5.74, 6) is 1.81. The van der Waals surface area contributed by atoms with Gasteiger partial charge in [-0.3, -0.25) is 4.90 Å². The molecule has 1 atom stereocenters. The Bertz CT molecular complexity index is 390. The normalized spacial score (nSPS) is 20.3. The van der Waals surface area contributed by atoms with Gasteiger partial charge in [0, 0.05) is 25.7 Å². The largest absolute Gasteiger partial charge is 0.358 e. The number of halogens is 1. The number of aromatic nitrogens is 2. The van der Waals surface area contributed by atoms with E-state index in [1.54, 1.807) is 0 Å². The smallest absolute Gasteiger partial charge is 0.133 e. The predicted octanol–water partition coefficient (Wildman–Crippen LogP) is 2.47. The van der Waals surface area contributed by atoms with Crippen LogP contribution in [0, 0.1) is 6.92 Å². The van der Waals surface area contributed by atoms with Gasteiger partial charge in [-0.25, -0.2) is 9.97 Å². The van der Waals surface area contributed by atoms with Crippen LogP contribution in [0.15, 0.2) is 10.7 Å². The summed E-state index contributed by atoms with van der Waals surface area (Å²) in [6.07, 6.45) is 2.61. The fraction of sp³-hybridized carbons (Fsp3) is 0.692. The molecule has 0 amide bonds. The molecular formula is C13H21BrN4. The Kier molecular flexibility index (Phi) is 4.56. The number of rotatable bonds is 4. The van der Waals surface area contributed by atoms with Crippen LogP contribution in [0.25, 0.3) is 0 Å². The molecule has 5 heteroatoms. The zero-order valence-corrected chi connectivity index (χ0v) is 12.9. The quantitative estimate of drug-likeness (QED) is 0.800. The van der Waals surface area contributed by atoms with Gasteiger partial charge in [-0.2, -0.15) is 0 Å². The SMILES string of the molecule is CCN1CCCC1CN(C)c1cc(Br)nc(C)n1. The van der Waals surface area contributed by atoms with Crippen molar-refractivity contribution >= 4 is 21.7 Å². The molecule has 0 saturated carbocycles. The highest BCUT2D eigenvalue weighted by molar-refractivity contribution is 9.10. The van der Waals surface area contributed by atoms with E-state index in [1.807, 2.05) is 13.0 Å². The minimum atomic E-state index is 0.661. The summed E-state index contributed by atoms with van der Waals surface area (Å²) in [5, 5.41) is 0. The Labute approximate surface area is 118 Å². The van der Waals surface area contributed by atoms with Gasteiger partial charge in [-0.15, -0.1) is 0 Å². The molecular weight excluding hydrogens is 292 g/mol. The summed E-state index contributed by atoms with van der Waals surface area (Å²) in [4.78, 5) is 13.5. The van der Waals surface area contributed by atoms with E-state index < -0.39 is 0 Å². The molecule has 0 radical (unpaired) electrons. The molecule has 1 aliphatic rings. The van der Waals surface area contributed by atoms with Gasteiger partial charge in [0.05, 0.1) is 0 Å². The molecule has 100 valence electrons. The number of anilines is 1. The molecule has 2 heterocycles. The average Bonchev–Trinajstić information content (AvgIpc) is 2.75. The van der Waals surface area contributed by atoms with E-state index >= 15 is 0 Å². The molecule has 1 aliphatic heterocycles. The van der Waals surface area contributed by atoms with Crippen molar-refractivity contribution in [3.05, 3.63) is 16.5 Å². The Morgan fingerprint density at radius 2 is 2.28 bits per heavy atom. The van der Waals surface area contributed by atoms with Crippen LogP contribution in [0.4, 0.5) is 5.82 Å². The van der Waals surface area contributed by atoms with Crippen LogP contribution >= 0.6 is 15.9 Å². The van der Waals surface area contributed by atoms with Crippen molar-refractivity contribution in [3.63, 3.8) is 0 Å². The highest BCUT2D eigenvalue weighted by Crippen LogP contribution is 2.21. The third kappa shape index (κ3) is 3.20. The first-order chi connectivity index (χ1) is 8.60. The minimum absolute atomic E-state index is 0.661. The monoisotopic (exact) mass is 312 g/mol. The molecule has 0 bridgehead atoms. The third-order valence-corrected chi connectivity index (χ3v) is 3.98. The molecule has 0 aromatic carbocycles. The lowest BCUT2D eigenvalue weighted by molar-refractivity contribution is 0.270. The maximum absolute atomic E-state index is 4.49. The standard InChI is InChI=1S/C13H21BrN4/c1-4-18-7-5-6-11(18)9-17(3)13-8-12(14)15-10(2)16-13/h8,11H,4-7,9H2,1-3H3. The molecule has 0 aliphatic carbocycles. The Morgan fingerprint density at radius 3 is 2.94 bits per heavy atom. The number of aryl methyl sites for hydroxylation is 1. The Balaban J connectivity index is 2.04. The second-order valence-electron chi connectivity index (χ2n) is 4.90. The van der Waals surface area contributed by atoms with Gasteiger partial charge in [0.15, 0.2) is 0 Å². The fourth-order valence-corrected chi connectivity index (χ4v) is 3.10. The summed E-state index contributed by atoms with van der Waals surface area (Å²) in [5.41, 5.74) is 0. The maximum Gasteiger partial charge on any atom is 0.133 e. The molecule has 1 aromatic rings. The number of likely N-dealkylation sites (N-methyl/N-ethyl adjacent to an activating group) is 2. The van der Waals surface area contributed by atoms with E-state index in [0.29, 0.717) is 6.04 Å². The Morgan fingerprint density at radius 1 is 1.50 bits per heavy atom. The maximum atomic E-state index is 4.49. The van der Waals surface area contributed by atoms with Gasteiger partial charge in [-0.05, 0) is 48.8 Å². The van der Waals surface area contributed by atoms with Crippen LogP contribution in [0.1, 0.15) is 25.6 Å². The lowest BCUT2D eigenvalue weighted by Gasteiger charge is -2.28. The molecule has 0 spiro atoms. The van der Waals surface area contributed by atoms with Crippen molar-refractivity contribution < 1.29 is 0 Å². The molecule has 1 fully saturated rings. The summed E-state index contributed by atoms with van der Waals surface area (Å²) >= 11 is 3.43. The number of likely N-dealkylation sites (tertiary alicyclic amines) is 1. The van der Waals surface area contributed by atoms with Crippen molar-refractivity contribution in [2.24, 2.45) is 0 Å². The van der Waals surface area contributed by atoms with Crippen LogP contribution in [0.3, 0.4) is 0 Å². The summed E-state index contributed by atoms with van der Waals surface area (Å²) < 4.78 is 0.857. The second kappa shape index (κ2) is 5.97. The van der Waals surface area contributed by atoms with Crippen molar-refractivity contribution in [1.82, 2.24) is 14.9 Å². The van der Waals surface area contributed by atoms with E-state index in [0.717, 1.165) is 29.3 Å². The van der Waals surface area contributed by atoms with Crippen molar-refractivity contribution in [3.8, 4) is 0 Å². The zero-order valence-electron chi connectivity index (χ0n) is 11.4. The van der Waals surface area contributed by atoms with E-state index in [9.17, 15) is 0 Å². The topological polar surface area (TPSA) is 32.3 Å². The predicted molar refractivity (Wildman–Crippen MR) is 78.0 cm³/mol. The van der Waals surface area contributed by atoms with Gasteiger partial charge in [0.25, 0.3) is 0 Å². The first-order valence-corrected chi connectivity index (χ1v) is 7.36. The molecule has 0 N–H and O–H groups in total. The van der Waals surface area contributed by atoms with Crippen LogP contribution < -0.4 is 4.90 Å². The number of hydrogen-bond donors (Lipinski definition) is 0. The van der Waals surface area contributed by atoms with Crippen molar-refractivity contribution in [2.45, 2.75) is 32.7 Å². The Hall–Kier alpha value is -0.680. The van der Waals surface area contributed by atoms with Crippen LogP contribution in [0.2, 0.25) is 0 Å². The highest BCUT2D eigenvalue weighted by atomic mass is 79.9. The number of hydrogen-bond acceptors (Lipinski definition) is 4. The van der Waals surface area contributed by atoms with Gasteiger partial charge in [-0.1, -0.05) is 6.92 Å². The van der Waals surface area contributed by atoms with E-state index in [4.69, 9.17) is 0 Å². The van der Waals surface area contributed by atoms with Crippen molar-refractivity contribution in [2.75, 3.05) is 31.6 Å². The van der Waals surface area contributed by atoms with Crippen LogP contribution in [-0.2, 0) is 0 Å². The minimum Gasteiger partial charge on any atom is -0.358 e. The summed E-state index contributed by atoms with van der Waals surface area (Å²) in [7, 11) is 2.11. The lowest BCUT2D eigenvalue weighted by atomic mass is 10.2. The van der Waals surface area contributed by atoms with Gasteiger partial charge in [0.1, 0.15) is 16.2 Å². The zero-order chi connectivity index (χ0) is 13.1. The summed E-state index contributed by atoms with van der Waals surface area (Å²) in [6, 6.07) is 2.65. The molecule has 1 aromatic heterocycles. The number of nitrogens with zero attached hydrogens (tertiary/aromatic N) is 4. The first-order valence-electron chi connectivity index (χ1n) is 6.56. The molecule has 4 nitrogen and oxygen atoms in total. The average molecular weight is 313 g/mol. The molecule has 1 saturated heterocycles. The van der Waals surface area contributed by atoms with E-state index in [-0.39, 0.29) is 0 Å². The van der Waals surface area contributed by atoms with Gasteiger partial charge in [0.2, 0.25) is 0 Å². The van der Waals surface area contributed by atoms with Crippen LogP contribution in [-0.4, -0.2) is 47.6 Å². The first kappa shape index (κ1) is 13.7. The summed E-state index contributed by atoms with van der Waals surface area (Å²) in [6.45, 7) is 7.59. The lowest BCUT2D eigenvalue weighted by Crippen LogP contribution is -2.39. The molecule has 1 unspecified atom stereocenters. The third-order valence-electron chi connectivity index (χ3n) is 3.57. The van der Waals surface area contributed by atoms with Gasteiger partial charge >= 0.3 is 0 Å². The highest BCUT2D eigenvalue weighted by Gasteiger charge is 2.24. The van der Waals surface area contributed by atoms with Gasteiger partial charge < -0.3 is 4.90 Å². The fourth-order valence-electron chi connectivity index (χ4n) is 2.64. The van der Waals surface area contributed by atoms with Crippen molar-refractivity contribution in [1.29, 1.82) is 0 Å². The molecule has 18 heavy (non-hydrogen) atoms. The van der Waals surface area contributed by atoms with E-state index in [1.165, 1.54) is 19.4 Å². The van der Waals surface area contributed by atoms with E-state index in [2.05, 4.69) is 49.7 Å². The molecule has 2 rings (SSSR count). The second-order valence-corrected chi connectivity index (χ2v) is 5.71.